The number of unbranched alkanes of at least 4 members (excludes halogenated alkanes) is 32. The van der Waals surface area contributed by atoms with Crippen LogP contribution in [0.4, 0.5) is 0 Å². The molecule has 502 valence electrons. The normalized spacial score (nSPS) is 14.5. The van der Waals surface area contributed by atoms with Crippen molar-refractivity contribution >= 4 is 39.5 Å². The van der Waals surface area contributed by atoms with E-state index in [0.717, 1.165) is 128 Å². The number of aliphatic hydroxyl groups excluding tert-OH is 1. The number of carbonyl (C=O) groups excluding carboxylic acids is 4. The van der Waals surface area contributed by atoms with Crippen molar-refractivity contribution in [3.8, 4) is 0 Å². The Balaban J connectivity index is 5.25. The van der Waals surface area contributed by atoms with Gasteiger partial charge in [-0.2, -0.15) is 0 Å². The molecule has 0 saturated carbocycles. The summed E-state index contributed by atoms with van der Waals surface area (Å²) in [6.45, 7) is 4.69. The summed E-state index contributed by atoms with van der Waals surface area (Å²) in [4.78, 5) is 72.1. The van der Waals surface area contributed by atoms with Gasteiger partial charge in [0.2, 0.25) is 0 Å². The smallest absolute Gasteiger partial charge is 0.462 e. The number of aliphatic hydroxyl groups is 1. The van der Waals surface area contributed by atoms with E-state index >= 15 is 0 Å². The van der Waals surface area contributed by atoms with Gasteiger partial charge in [0.25, 0.3) is 0 Å². The molecule has 0 fully saturated rings. The van der Waals surface area contributed by atoms with E-state index in [1.807, 2.05) is 0 Å². The van der Waals surface area contributed by atoms with Gasteiger partial charge in [-0.15, -0.1) is 0 Å². The van der Waals surface area contributed by atoms with Crippen molar-refractivity contribution in [1.29, 1.82) is 0 Å². The van der Waals surface area contributed by atoms with Crippen LogP contribution in [0.25, 0.3) is 0 Å². The van der Waals surface area contributed by atoms with E-state index in [1.165, 1.54) is 89.9 Å². The summed E-state index contributed by atoms with van der Waals surface area (Å²) >= 11 is 0. The monoisotopic (exact) mass is 1260 g/mol. The van der Waals surface area contributed by atoms with Crippen LogP contribution in [-0.2, 0) is 65.4 Å². The van der Waals surface area contributed by atoms with E-state index in [0.29, 0.717) is 25.7 Å². The number of carbonyl (C=O) groups is 4. The number of ether oxygens (including phenoxy) is 4. The maximum Gasteiger partial charge on any atom is 0.472 e. The fourth-order valence-electron chi connectivity index (χ4n) is 9.08. The van der Waals surface area contributed by atoms with E-state index in [-0.39, 0.29) is 25.7 Å². The van der Waals surface area contributed by atoms with Crippen molar-refractivity contribution in [2.24, 2.45) is 0 Å². The van der Waals surface area contributed by atoms with Crippen LogP contribution in [0.3, 0.4) is 0 Å². The van der Waals surface area contributed by atoms with Crippen LogP contribution < -0.4 is 0 Å². The second-order valence-corrected chi connectivity index (χ2v) is 25.7. The van der Waals surface area contributed by atoms with Crippen LogP contribution in [0.5, 0.6) is 0 Å². The summed E-state index contributed by atoms with van der Waals surface area (Å²) in [5, 5.41) is 10.5. The topological polar surface area (TPSA) is 237 Å². The van der Waals surface area contributed by atoms with Crippen LogP contribution in [0.2, 0.25) is 0 Å². The number of hydrogen-bond donors (Lipinski definition) is 3. The Hall–Kier alpha value is -2.98. The molecule has 0 heterocycles. The van der Waals surface area contributed by atoms with Crippen LogP contribution in [0.15, 0.2) is 48.6 Å². The third-order valence-corrected chi connectivity index (χ3v) is 16.3. The van der Waals surface area contributed by atoms with Crippen LogP contribution in [0, 0.1) is 0 Å². The molecule has 19 heteroatoms. The maximum atomic E-state index is 13.0. The van der Waals surface area contributed by atoms with Gasteiger partial charge in [0.1, 0.15) is 19.3 Å². The zero-order valence-corrected chi connectivity index (χ0v) is 56.0. The zero-order chi connectivity index (χ0) is 63.3. The average Bonchev–Trinajstić information content (AvgIpc) is 3.70. The van der Waals surface area contributed by atoms with E-state index in [1.54, 1.807) is 0 Å². The maximum absolute atomic E-state index is 13.0. The number of esters is 4. The first-order valence-corrected chi connectivity index (χ1v) is 36.9. The molecule has 0 rings (SSSR count). The van der Waals surface area contributed by atoms with Crippen molar-refractivity contribution in [3.63, 3.8) is 0 Å². The summed E-state index contributed by atoms with van der Waals surface area (Å²) in [6, 6.07) is 0. The van der Waals surface area contributed by atoms with Gasteiger partial charge in [-0.3, -0.25) is 37.3 Å². The molecule has 0 aromatic carbocycles. The number of hydrogen-bond acceptors (Lipinski definition) is 15. The van der Waals surface area contributed by atoms with Gasteiger partial charge >= 0.3 is 39.5 Å². The molecule has 0 amide bonds. The Bertz CT molecular complexity index is 1840. The van der Waals surface area contributed by atoms with E-state index in [4.69, 9.17) is 37.0 Å². The minimum absolute atomic E-state index is 0.0783. The molecule has 0 aromatic rings. The third kappa shape index (κ3) is 60.0. The fourth-order valence-corrected chi connectivity index (χ4v) is 10.7. The molecule has 0 aliphatic carbocycles. The molecule has 0 aliphatic rings. The van der Waals surface area contributed by atoms with Gasteiger partial charge in [0, 0.05) is 25.7 Å². The van der Waals surface area contributed by atoms with Gasteiger partial charge < -0.3 is 33.8 Å². The average molecular weight is 1260 g/mol. The summed E-state index contributed by atoms with van der Waals surface area (Å²) in [7, 11) is -9.91. The highest BCUT2D eigenvalue weighted by atomic mass is 31.2. The Morgan fingerprint density at radius 1 is 0.326 bits per heavy atom. The van der Waals surface area contributed by atoms with Crippen LogP contribution in [0.1, 0.15) is 297 Å². The highest BCUT2D eigenvalue weighted by molar-refractivity contribution is 7.47. The summed E-state index contributed by atoms with van der Waals surface area (Å²) < 4.78 is 67.8. The van der Waals surface area contributed by atoms with Crippen molar-refractivity contribution in [3.05, 3.63) is 48.6 Å². The fraction of sp³-hybridized carbons (Fsp3) is 0.821. The Morgan fingerprint density at radius 2 is 0.558 bits per heavy atom. The minimum Gasteiger partial charge on any atom is -0.462 e. The molecule has 0 bridgehead atoms. The van der Waals surface area contributed by atoms with Gasteiger partial charge in [-0.25, -0.2) is 9.13 Å². The minimum atomic E-state index is -4.96. The van der Waals surface area contributed by atoms with Crippen molar-refractivity contribution in [2.45, 2.75) is 316 Å². The second-order valence-electron chi connectivity index (χ2n) is 22.8. The lowest BCUT2D eigenvalue weighted by Crippen LogP contribution is -2.30. The summed E-state index contributed by atoms with van der Waals surface area (Å²) in [6.07, 6.45) is 53.3. The predicted molar refractivity (Wildman–Crippen MR) is 344 cm³/mol. The van der Waals surface area contributed by atoms with Crippen molar-refractivity contribution in [2.75, 3.05) is 39.6 Å². The second kappa shape index (κ2) is 60.9. The lowest BCUT2D eigenvalue weighted by atomic mass is 10.1. The quantitative estimate of drug-likeness (QED) is 0.0169. The standard InChI is InChI=1S/C67H122O17P2/c1-5-9-13-17-20-23-26-28-30-32-35-37-40-44-48-52-65(70)78-58-63(84-67(72)54-50-46-42-39-36-33-31-29-27-24-21-18-14-10-6-2)60-82-86(75,76)80-56-61(68)55-79-85(73,74)81-59-62(57-77-64(69)51-47-43-16-12-8-4)83-66(71)53-49-45-41-38-34-25-22-19-15-11-7-3/h23-24,26-31,61-63,68H,5-22,25,32-60H2,1-4H3,(H,73,74)(H,75,76)/b26-23-,27-24-,30-28-,31-29-/t61-,62+,63+/m0/s1. The highest BCUT2D eigenvalue weighted by Gasteiger charge is 2.30. The molecule has 17 nitrogen and oxygen atoms in total. The summed E-state index contributed by atoms with van der Waals surface area (Å²) in [5.41, 5.74) is 0. The van der Waals surface area contributed by atoms with Crippen LogP contribution in [-0.4, -0.2) is 96.7 Å². The van der Waals surface area contributed by atoms with Crippen molar-refractivity contribution in [1.82, 2.24) is 0 Å². The van der Waals surface area contributed by atoms with Gasteiger partial charge in [0.15, 0.2) is 12.2 Å². The molecule has 0 aromatic heterocycles. The number of allylic oxidation sites excluding steroid dienone is 8. The number of phosphoric acid groups is 2. The Labute approximate surface area is 521 Å². The third-order valence-electron chi connectivity index (χ3n) is 14.4. The molecular formula is C67H122O17P2. The first-order chi connectivity index (χ1) is 41.7. The molecule has 0 aliphatic heterocycles. The van der Waals surface area contributed by atoms with E-state index in [2.05, 4.69) is 76.3 Å². The van der Waals surface area contributed by atoms with E-state index in [9.17, 15) is 43.2 Å². The molecule has 86 heavy (non-hydrogen) atoms. The molecular weight excluding hydrogens is 1140 g/mol. The molecule has 3 N–H and O–H groups in total. The predicted octanol–water partition coefficient (Wildman–Crippen LogP) is 18.2. The lowest BCUT2D eigenvalue weighted by Gasteiger charge is -2.21. The first-order valence-electron chi connectivity index (χ1n) is 33.9. The Kier molecular flexibility index (Phi) is 58.8. The lowest BCUT2D eigenvalue weighted by molar-refractivity contribution is -0.161. The molecule has 0 saturated heterocycles. The largest absolute Gasteiger partial charge is 0.472 e. The summed E-state index contributed by atoms with van der Waals surface area (Å²) in [5.74, 6) is -2.20. The van der Waals surface area contributed by atoms with Gasteiger partial charge in [-0.1, -0.05) is 243 Å². The van der Waals surface area contributed by atoms with Crippen molar-refractivity contribution < 1.29 is 80.2 Å². The van der Waals surface area contributed by atoms with Crippen LogP contribution >= 0.6 is 15.6 Å². The van der Waals surface area contributed by atoms with Gasteiger partial charge in [0.05, 0.1) is 26.4 Å². The zero-order valence-electron chi connectivity index (χ0n) is 54.2. The van der Waals surface area contributed by atoms with E-state index < -0.39 is 97.5 Å². The highest BCUT2D eigenvalue weighted by Crippen LogP contribution is 2.45. The number of phosphoric ester groups is 2. The Morgan fingerprint density at radius 3 is 0.849 bits per heavy atom. The SMILES string of the molecule is CCCCCC/C=C\C=C/CCCCCCCC(=O)OC[C@H](COP(=O)(O)OC[C@@H](O)COP(=O)(O)OC[C@@H](COC(=O)CCCCCCC)OC(=O)CCCCCCCCCCCCC)OC(=O)CCCCCCC/C=C\C=C/CCCCCC. The number of rotatable bonds is 64. The molecule has 0 radical (unpaired) electrons. The van der Waals surface area contributed by atoms with Gasteiger partial charge in [-0.05, 0) is 77.0 Å². The molecule has 0 spiro atoms. The first kappa shape index (κ1) is 83.0. The molecule has 2 unspecified atom stereocenters. The molecule has 5 atom stereocenters.